The second-order valence-electron chi connectivity index (χ2n) is 5.63. The van der Waals surface area contributed by atoms with E-state index in [1.807, 2.05) is 0 Å². The highest BCUT2D eigenvalue weighted by Gasteiger charge is 2.19. The van der Waals surface area contributed by atoms with Crippen LogP contribution in [0.25, 0.3) is 0 Å². The Hall–Kier alpha value is -0.900. The molecule has 1 fully saturated rings. The summed E-state index contributed by atoms with van der Waals surface area (Å²) in [5.41, 5.74) is 1.38. The van der Waals surface area contributed by atoms with Gasteiger partial charge in [-0.15, -0.1) is 0 Å². The molecule has 1 aromatic carbocycles. The van der Waals surface area contributed by atoms with Gasteiger partial charge in [-0.05, 0) is 38.9 Å². The summed E-state index contributed by atoms with van der Waals surface area (Å²) < 4.78 is 5.54. The molecule has 19 heavy (non-hydrogen) atoms. The van der Waals surface area contributed by atoms with Crippen LogP contribution in [0.4, 0.5) is 0 Å². The van der Waals surface area contributed by atoms with E-state index in [-0.39, 0.29) is 0 Å². The second-order valence-corrected chi connectivity index (χ2v) is 5.63. The van der Waals surface area contributed by atoms with Gasteiger partial charge < -0.3 is 15.0 Å². The Labute approximate surface area is 116 Å². The maximum atomic E-state index is 5.54. The highest BCUT2D eigenvalue weighted by atomic mass is 16.5. The number of hydrogen-bond donors (Lipinski definition) is 1. The topological polar surface area (TPSA) is 24.5 Å². The molecule has 3 nitrogen and oxygen atoms in total. The summed E-state index contributed by atoms with van der Waals surface area (Å²) in [7, 11) is 4.27. The predicted molar refractivity (Wildman–Crippen MR) is 79.3 cm³/mol. The van der Waals surface area contributed by atoms with Crippen LogP contribution in [0, 0.1) is 0 Å². The molecule has 1 heterocycles. The smallest absolute Gasteiger partial charge is 0.0480 e. The lowest BCUT2D eigenvalue weighted by atomic mass is 10.0. The number of nitrogens with one attached hydrogen (secondary N) is 1. The molecule has 0 radical (unpaired) electrons. The van der Waals surface area contributed by atoms with E-state index in [9.17, 15) is 0 Å². The zero-order chi connectivity index (χ0) is 13.5. The van der Waals surface area contributed by atoms with Crippen LogP contribution in [-0.4, -0.2) is 44.8 Å². The number of nitrogens with zero attached hydrogens (tertiary/aromatic N) is 1. The first kappa shape index (κ1) is 14.5. The molecule has 106 valence electrons. The van der Waals surface area contributed by atoms with Crippen molar-refractivity contribution in [2.75, 3.05) is 33.9 Å². The van der Waals surface area contributed by atoms with Gasteiger partial charge in [0.1, 0.15) is 0 Å². The maximum Gasteiger partial charge on any atom is 0.0480 e. The van der Waals surface area contributed by atoms with Gasteiger partial charge in [0.25, 0.3) is 0 Å². The molecule has 0 amide bonds. The minimum absolute atomic E-state index is 0.402. The van der Waals surface area contributed by atoms with Crippen molar-refractivity contribution in [2.24, 2.45) is 0 Å². The van der Waals surface area contributed by atoms with Gasteiger partial charge in [-0.25, -0.2) is 0 Å². The first-order valence-corrected chi connectivity index (χ1v) is 7.29. The highest BCUT2D eigenvalue weighted by Crippen LogP contribution is 2.17. The van der Waals surface area contributed by atoms with Gasteiger partial charge in [0, 0.05) is 31.8 Å². The summed E-state index contributed by atoms with van der Waals surface area (Å²) in [6.45, 7) is 2.84. The van der Waals surface area contributed by atoms with Crippen molar-refractivity contribution in [3.05, 3.63) is 35.9 Å². The van der Waals surface area contributed by atoms with Crippen LogP contribution in [0.2, 0.25) is 0 Å². The molecule has 2 rings (SSSR count). The highest BCUT2D eigenvalue weighted by molar-refractivity contribution is 5.19. The van der Waals surface area contributed by atoms with Crippen LogP contribution >= 0.6 is 0 Å². The third kappa shape index (κ3) is 4.94. The van der Waals surface area contributed by atoms with Gasteiger partial charge >= 0.3 is 0 Å². The number of likely N-dealkylation sites (N-methyl/N-ethyl adjacent to an activating group) is 1. The Balaban J connectivity index is 2.00. The molecule has 1 aromatic rings. The van der Waals surface area contributed by atoms with E-state index in [4.69, 9.17) is 4.74 Å². The molecule has 0 bridgehead atoms. The minimum atomic E-state index is 0.402. The molecule has 2 atom stereocenters. The molecule has 0 aromatic heterocycles. The van der Waals surface area contributed by atoms with Crippen LogP contribution in [0.5, 0.6) is 0 Å². The second kappa shape index (κ2) is 7.63. The predicted octanol–water partition coefficient (Wildman–Crippen LogP) is 2.45. The summed E-state index contributed by atoms with van der Waals surface area (Å²) in [4.78, 5) is 2.25. The molecule has 1 saturated heterocycles. The lowest BCUT2D eigenvalue weighted by Crippen LogP contribution is -2.38. The van der Waals surface area contributed by atoms with E-state index >= 15 is 0 Å². The monoisotopic (exact) mass is 262 g/mol. The number of rotatable bonds is 5. The standard InChI is InChI=1S/C16H26N2O/c1-18(2)13-16(14-7-4-3-5-8-14)17-15-9-6-11-19-12-10-15/h3-5,7-8,15-17H,6,9-13H2,1-2H3. The zero-order valence-electron chi connectivity index (χ0n) is 12.1. The van der Waals surface area contributed by atoms with Crippen molar-refractivity contribution >= 4 is 0 Å². The third-order valence-corrected chi connectivity index (χ3v) is 3.64. The largest absolute Gasteiger partial charge is 0.381 e. The van der Waals surface area contributed by atoms with Crippen LogP contribution in [-0.2, 0) is 4.74 Å². The quantitative estimate of drug-likeness (QED) is 0.882. The molecule has 0 saturated carbocycles. The normalized spacial score (nSPS) is 22.2. The van der Waals surface area contributed by atoms with Gasteiger partial charge in [0.15, 0.2) is 0 Å². The fourth-order valence-electron chi connectivity index (χ4n) is 2.66. The fourth-order valence-corrected chi connectivity index (χ4v) is 2.66. The van der Waals surface area contributed by atoms with Crippen molar-refractivity contribution in [1.29, 1.82) is 0 Å². The molecule has 0 aliphatic carbocycles. The average molecular weight is 262 g/mol. The summed E-state index contributed by atoms with van der Waals surface area (Å²) in [5.74, 6) is 0. The van der Waals surface area contributed by atoms with Crippen LogP contribution in [0.3, 0.4) is 0 Å². The summed E-state index contributed by atoms with van der Waals surface area (Å²) in [6, 6.07) is 11.7. The van der Waals surface area contributed by atoms with Crippen molar-refractivity contribution in [3.8, 4) is 0 Å². The van der Waals surface area contributed by atoms with E-state index in [0.717, 1.165) is 26.2 Å². The summed E-state index contributed by atoms with van der Waals surface area (Å²) in [6.07, 6.45) is 3.51. The van der Waals surface area contributed by atoms with Crippen molar-refractivity contribution in [1.82, 2.24) is 10.2 Å². The minimum Gasteiger partial charge on any atom is -0.381 e. The Kier molecular flexibility index (Phi) is 5.83. The molecular formula is C16H26N2O. The SMILES string of the molecule is CN(C)CC(NC1CCCOCC1)c1ccccc1. The third-order valence-electron chi connectivity index (χ3n) is 3.64. The van der Waals surface area contributed by atoms with Gasteiger partial charge in [0.05, 0.1) is 0 Å². The Morgan fingerprint density at radius 3 is 2.74 bits per heavy atom. The van der Waals surface area contributed by atoms with Crippen LogP contribution < -0.4 is 5.32 Å². The van der Waals surface area contributed by atoms with Gasteiger partial charge in [-0.1, -0.05) is 30.3 Å². The van der Waals surface area contributed by atoms with E-state index in [1.54, 1.807) is 0 Å². The lowest BCUT2D eigenvalue weighted by molar-refractivity contribution is 0.142. The molecule has 0 spiro atoms. The van der Waals surface area contributed by atoms with Gasteiger partial charge in [-0.2, -0.15) is 0 Å². The first-order chi connectivity index (χ1) is 9.25. The molecular weight excluding hydrogens is 236 g/mol. The van der Waals surface area contributed by atoms with E-state index in [0.29, 0.717) is 12.1 Å². The number of ether oxygens (including phenoxy) is 1. The molecule has 1 aliphatic rings. The Morgan fingerprint density at radius 2 is 2.00 bits per heavy atom. The molecule has 2 unspecified atom stereocenters. The fraction of sp³-hybridized carbons (Fsp3) is 0.625. The van der Waals surface area contributed by atoms with Crippen molar-refractivity contribution in [2.45, 2.75) is 31.3 Å². The number of benzene rings is 1. The maximum absolute atomic E-state index is 5.54. The van der Waals surface area contributed by atoms with E-state index < -0.39 is 0 Å². The van der Waals surface area contributed by atoms with Gasteiger partial charge in [-0.3, -0.25) is 0 Å². The zero-order valence-corrected chi connectivity index (χ0v) is 12.1. The number of hydrogen-bond acceptors (Lipinski definition) is 3. The van der Waals surface area contributed by atoms with Crippen molar-refractivity contribution < 1.29 is 4.74 Å². The lowest BCUT2D eigenvalue weighted by Gasteiger charge is -2.27. The Bertz CT molecular complexity index is 345. The van der Waals surface area contributed by atoms with Gasteiger partial charge in [0.2, 0.25) is 0 Å². The molecule has 1 N–H and O–H groups in total. The summed E-state index contributed by atoms with van der Waals surface area (Å²) in [5, 5.41) is 3.82. The average Bonchev–Trinajstić information content (AvgIpc) is 2.67. The molecule has 3 heteroatoms. The summed E-state index contributed by atoms with van der Waals surface area (Å²) >= 11 is 0. The van der Waals surface area contributed by atoms with E-state index in [1.165, 1.54) is 18.4 Å². The molecule has 1 aliphatic heterocycles. The van der Waals surface area contributed by atoms with Crippen molar-refractivity contribution in [3.63, 3.8) is 0 Å². The first-order valence-electron chi connectivity index (χ1n) is 7.29. The van der Waals surface area contributed by atoms with Crippen LogP contribution in [0.15, 0.2) is 30.3 Å². The Morgan fingerprint density at radius 1 is 1.21 bits per heavy atom. The van der Waals surface area contributed by atoms with E-state index in [2.05, 4.69) is 54.6 Å². The van der Waals surface area contributed by atoms with Crippen LogP contribution in [0.1, 0.15) is 30.9 Å².